The van der Waals surface area contributed by atoms with E-state index in [9.17, 15) is 25.2 Å². The summed E-state index contributed by atoms with van der Waals surface area (Å²) in [7, 11) is 0. The molecule has 30 heavy (non-hydrogen) atoms. The van der Waals surface area contributed by atoms with E-state index in [1.165, 1.54) is 24.3 Å². The van der Waals surface area contributed by atoms with Gasteiger partial charge in [0.15, 0.2) is 28.8 Å². The molecule has 2 aromatic carbocycles. The van der Waals surface area contributed by atoms with Crippen LogP contribution in [0.25, 0.3) is 0 Å². The SMILES string of the molecule is CC(C)(C)NC(C(=O)C(NC(C)(C)C)c1ccc(O)c(O)c1)c1ccc(O)c(O)c1. The molecule has 0 aliphatic carbocycles. The second-order valence-corrected chi connectivity index (χ2v) is 9.55. The molecule has 0 amide bonds. The third kappa shape index (κ3) is 6.11. The van der Waals surface area contributed by atoms with Crippen molar-refractivity contribution >= 4 is 5.78 Å². The van der Waals surface area contributed by atoms with E-state index in [1.807, 2.05) is 41.5 Å². The second kappa shape index (κ2) is 8.53. The minimum atomic E-state index is -0.813. The summed E-state index contributed by atoms with van der Waals surface area (Å²) in [6, 6.07) is 6.94. The molecular weight excluding hydrogens is 384 g/mol. The van der Waals surface area contributed by atoms with Crippen LogP contribution in [0.3, 0.4) is 0 Å². The van der Waals surface area contributed by atoms with Gasteiger partial charge in [-0.3, -0.25) is 15.4 Å². The van der Waals surface area contributed by atoms with Gasteiger partial charge in [-0.25, -0.2) is 0 Å². The fourth-order valence-electron chi connectivity index (χ4n) is 3.11. The number of phenols is 4. The Morgan fingerprint density at radius 3 is 1.27 bits per heavy atom. The van der Waals surface area contributed by atoms with Crippen LogP contribution >= 0.6 is 0 Å². The van der Waals surface area contributed by atoms with E-state index in [4.69, 9.17) is 0 Å². The van der Waals surface area contributed by atoms with Crippen molar-refractivity contribution in [2.45, 2.75) is 64.7 Å². The van der Waals surface area contributed by atoms with E-state index in [2.05, 4.69) is 10.6 Å². The minimum Gasteiger partial charge on any atom is -0.504 e. The van der Waals surface area contributed by atoms with Crippen molar-refractivity contribution in [3.63, 3.8) is 0 Å². The van der Waals surface area contributed by atoms with Gasteiger partial charge in [-0.1, -0.05) is 12.1 Å². The van der Waals surface area contributed by atoms with Crippen molar-refractivity contribution in [1.29, 1.82) is 0 Å². The number of Topliss-reactive ketones (excluding diaryl/α,β-unsaturated/α-hetero) is 1. The lowest BCUT2D eigenvalue weighted by atomic mass is 9.89. The lowest BCUT2D eigenvalue weighted by molar-refractivity contribution is -0.124. The molecule has 164 valence electrons. The quantitative estimate of drug-likeness (QED) is 0.398. The highest BCUT2D eigenvalue weighted by Gasteiger charge is 2.34. The normalized spacial score (nSPS) is 14.3. The predicted molar refractivity (Wildman–Crippen MR) is 116 cm³/mol. The van der Waals surface area contributed by atoms with Gasteiger partial charge in [-0.15, -0.1) is 0 Å². The molecule has 7 heteroatoms. The molecule has 0 radical (unpaired) electrons. The van der Waals surface area contributed by atoms with Crippen LogP contribution < -0.4 is 10.6 Å². The van der Waals surface area contributed by atoms with Gasteiger partial charge in [0.05, 0.1) is 12.1 Å². The number of carbonyl (C=O) groups is 1. The Labute approximate surface area is 177 Å². The highest BCUT2D eigenvalue weighted by atomic mass is 16.3. The van der Waals surface area contributed by atoms with Crippen LogP contribution in [0, 0.1) is 0 Å². The Morgan fingerprint density at radius 2 is 1.00 bits per heavy atom. The van der Waals surface area contributed by atoms with Gasteiger partial charge in [-0.05, 0) is 76.9 Å². The molecule has 0 heterocycles. The van der Waals surface area contributed by atoms with Crippen LogP contribution in [-0.4, -0.2) is 37.3 Å². The van der Waals surface area contributed by atoms with Crippen molar-refractivity contribution in [2.75, 3.05) is 0 Å². The van der Waals surface area contributed by atoms with Crippen LogP contribution in [0.5, 0.6) is 23.0 Å². The smallest absolute Gasteiger partial charge is 0.175 e. The van der Waals surface area contributed by atoms with Gasteiger partial charge in [0.25, 0.3) is 0 Å². The van der Waals surface area contributed by atoms with Gasteiger partial charge in [0.2, 0.25) is 0 Å². The van der Waals surface area contributed by atoms with Crippen molar-refractivity contribution < 1.29 is 25.2 Å². The predicted octanol–water partition coefficient (Wildman–Crippen LogP) is 3.64. The van der Waals surface area contributed by atoms with Crippen LogP contribution in [0.15, 0.2) is 36.4 Å². The topological polar surface area (TPSA) is 122 Å². The highest BCUT2D eigenvalue weighted by Crippen LogP contribution is 2.34. The summed E-state index contributed by atoms with van der Waals surface area (Å²) in [5, 5.41) is 45.9. The first-order chi connectivity index (χ1) is 13.7. The maximum Gasteiger partial charge on any atom is 0.175 e. The van der Waals surface area contributed by atoms with Crippen LogP contribution in [0.2, 0.25) is 0 Å². The number of aromatic hydroxyl groups is 4. The summed E-state index contributed by atoms with van der Waals surface area (Å²) in [5.41, 5.74) is 0.122. The fraction of sp³-hybridized carbons (Fsp3) is 0.435. The van der Waals surface area contributed by atoms with Crippen molar-refractivity contribution in [3.05, 3.63) is 47.5 Å². The fourth-order valence-corrected chi connectivity index (χ4v) is 3.11. The first-order valence-corrected chi connectivity index (χ1v) is 9.81. The summed E-state index contributed by atoms with van der Waals surface area (Å²) >= 11 is 0. The van der Waals surface area contributed by atoms with Gasteiger partial charge in [0, 0.05) is 11.1 Å². The molecule has 0 aliphatic rings. The average molecular weight is 417 g/mol. The summed E-state index contributed by atoms with van der Waals surface area (Å²) in [5.74, 6) is -1.41. The Balaban J connectivity index is 2.57. The Bertz CT molecular complexity index is 839. The van der Waals surface area contributed by atoms with Gasteiger partial charge in [0.1, 0.15) is 0 Å². The second-order valence-electron chi connectivity index (χ2n) is 9.55. The molecule has 0 saturated heterocycles. The van der Waals surface area contributed by atoms with E-state index in [0.29, 0.717) is 11.1 Å². The van der Waals surface area contributed by atoms with Gasteiger partial charge in [-0.2, -0.15) is 0 Å². The van der Waals surface area contributed by atoms with E-state index in [0.717, 1.165) is 0 Å². The molecule has 0 saturated carbocycles. The van der Waals surface area contributed by atoms with E-state index < -0.39 is 23.2 Å². The molecule has 0 spiro atoms. The number of hydrogen-bond acceptors (Lipinski definition) is 7. The van der Waals surface area contributed by atoms with Crippen molar-refractivity contribution in [2.24, 2.45) is 0 Å². The zero-order chi connectivity index (χ0) is 22.9. The van der Waals surface area contributed by atoms with Gasteiger partial charge < -0.3 is 20.4 Å². The number of benzene rings is 2. The number of hydrogen-bond donors (Lipinski definition) is 6. The summed E-state index contributed by atoms with van der Waals surface area (Å²) in [6.07, 6.45) is 0. The molecule has 0 bridgehead atoms. The zero-order valence-corrected chi connectivity index (χ0v) is 18.3. The van der Waals surface area contributed by atoms with E-state index in [-0.39, 0.29) is 28.8 Å². The monoisotopic (exact) mass is 416 g/mol. The largest absolute Gasteiger partial charge is 0.504 e. The molecule has 0 aliphatic heterocycles. The Hall–Kier alpha value is -2.77. The molecule has 2 unspecified atom stereocenters. The van der Waals surface area contributed by atoms with Crippen LogP contribution in [0.1, 0.15) is 64.8 Å². The molecule has 0 fully saturated rings. The zero-order valence-electron chi connectivity index (χ0n) is 18.3. The van der Waals surface area contributed by atoms with E-state index >= 15 is 0 Å². The Kier molecular flexibility index (Phi) is 6.69. The summed E-state index contributed by atoms with van der Waals surface area (Å²) < 4.78 is 0. The minimum absolute atomic E-state index is 0.241. The first kappa shape index (κ1) is 23.5. The highest BCUT2D eigenvalue weighted by molar-refractivity contribution is 5.91. The number of phenolic OH excluding ortho intramolecular Hbond substituents is 4. The molecule has 2 aromatic rings. The maximum absolute atomic E-state index is 13.8. The molecule has 0 aromatic heterocycles. The number of carbonyl (C=O) groups excluding carboxylic acids is 1. The Morgan fingerprint density at radius 1 is 0.667 bits per heavy atom. The van der Waals surface area contributed by atoms with Crippen molar-refractivity contribution in [1.82, 2.24) is 10.6 Å². The molecular formula is C23H32N2O5. The summed E-state index contributed by atoms with van der Waals surface area (Å²) in [6.45, 7) is 11.5. The lowest BCUT2D eigenvalue weighted by Crippen LogP contribution is -2.48. The summed E-state index contributed by atoms with van der Waals surface area (Å²) in [4.78, 5) is 13.8. The van der Waals surface area contributed by atoms with Gasteiger partial charge >= 0.3 is 0 Å². The molecule has 2 rings (SSSR count). The standard InChI is InChI=1S/C23H32N2O5/c1-22(2,3)24-19(13-7-9-15(26)17(28)11-13)21(30)20(25-23(4,5)6)14-8-10-16(27)18(29)12-14/h7-12,19-20,24-29H,1-6H3. The third-order valence-electron chi connectivity index (χ3n) is 4.39. The number of nitrogens with one attached hydrogen (secondary N) is 2. The first-order valence-electron chi connectivity index (χ1n) is 9.81. The van der Waals surface area contributed by atoms with E-state index in [1.54, 1.807) is 12.1 Å². The third-order valence-corrected chi connectivity index (χ3v) is 4.39. The maximum atomic E-state index is 13.8. The number of ketones is 1. The lowest BCUT2D eigenvalue weighted by Gasteiger charge is -2.34. The average Bonchev–Trinajstić information content (AvgIpc) is 2.60. The molecule has 2 atom stereocenters. The van der Waals surface area contributed by atoms with Crippen LogP contribution in [-0.2, 0) is 4.79 Å². The number of rotatable bonds is 6. The van der Waals surface area contributed by atoms with Crippen molar-refractivity contribution in [3.8, 4) is 23.0 Å². The molecule has 7 nitrogen and oxygen atoms in total. The van der Waals surface area contributed by atoms with Crippen LogP contribution in [0.4, 0.5) is 0 Å². The molecule has 6 N–H and O–H groups in total.